The Morgan fingerprint density at radius 1 is 1.00 bits per heavy atom. The Morgan fingerprint density at radius 3 is 2.32 bits per heavy atom. The maximum absolute atomic E-state index is 13.5. The monoisotopic (exact) mass is 360 g/mol. The number of rotatable bonds is 4. The lowest BCUT2D eigenvalue weighted by Gasteiger charge is -2.41. The first-order valence-electron chi connectivity index (χ1n) is 8.90. The third-order valence-electron chi connectivity index (χ3n) is 5.06. The minimum atomic E-state index is -4.44. The number of nitrogens with zero attached hydrogens (tertiary/aromatic N) is 2. The van der Waals surface area contributed by atoms with Gasteiger partial charge in [0.2, 0.25) is 0 Å². The summed E-state index contributed by atoms with van der Waals surface area (Å²) in [5, 5.41) is 0. The number of alkyl halides is 3. The van der Waals surface area contributed by atoms with Crippen molar-refractivity contribution in [3.8, 4) is 5.75 Å². The summed E-state index contributed by atoms with van der Waals surface area (Å²) < 4.78 is 55.6. The van der Waals surface area contributed by atoms with Gasteiger partial charge in [-0.05, 0) is 25.0 Å². The van der Waals surface area contributed by atoms with Gasteiger partial charge in [0, 0.05) is 38.3 Å². The molecule has 0 aromatic heterocycles. The number of hydrogen-bond acceptors (Lipinski definition) is 3. The number of hydrogen-bond donors (Lipinski definition) is 0. The summed E-state index contributed by atoms with van der Waals surface area (Å²) in [5.41, 5.74) is 0.536. The molecule has 2 aliphatic rings. The van der Waals surface area contributed by atoms with Crippen molar-refractivity contribution in [1.29, 1.82) is 0 Å². The van der Waals surface area contributed by atoms with Crippen LogP contribution in [0.15, 0.2) is 18.2 Å². The number of anilines is 1. The van der Waals surface area contributed by atoms with E-state index in [9.17, 15) is 17.6 Å². The highest BCUT2D eigenvalue weighted by atomic mass is 19.4. The van der Waals surface area contributed by atoms with E-state index in [4.69, 9.17) is 4.74 Å². The normalized spacial score (nSPS) is 20.7. The zero-order valence-corrected chi connectivity index (χ0v) is 14.2. The molecular weight excluding hydrogens is 336 g/mol. The van der Waals surface area contributed by atoms with Gasteiger partial charge in [-0.15, -0.1) is 0 Å². The zero-order valence-electron chi connectivity index (χ0n) is 14.2. The molecule has 1 saturated carbocycles. The molecule has 0 bridgehead atoms. The number of halogens is 4. The van der Waals surface area contributed by atoms with Crippen LogP contribution in [0.4, 0.5) is 23.2 Å². The molecule has 0 N–H and O–H groups in total. The second-order valence-electron chi connectivity index (χ2n) is 6.83. The fourth-order valence-corrected chi connectivity index (χ4v) is 3.80. The molecule has 1 heterocycles. The van der Waals surface area contributed by atoms with E-state index in [0.717, 1.165) is 19.2 Å². The van der Waals surface area contributed by atoms with Gasteiger partial charge in [-0.2, -0.15) is 13.2 Å². The largest absolute Gasteiger partial charge is 0.482 e. The standard InChI is InChI=1S/C18H24F4N2O/c19-14-6-7-16(17(12-14)25-13-18(20,21)22)24-10-8-23(9-11-24)15-4-2-1-3-5-15/h6-7,12,15H,1-5,8-11,13H2. The molecule has 7 heteroatoms. The average Bonchev–Trinajstić information content (AvgIpc) is 2.60. The average molecular weight is 360 g/mol. The van der Waals surface area contributed by atoms with Gasteiger partial charge < -0.3 is 9.64 Å². The van der Waals surface area contributed by atoms with E-state index in [1.54, 1.807) is 0 Å². The molecule has 140 valence electrons. The second kappa shape index (κ2) is 7.81. The van der Waals surface area contributed by atoms with E-state index in [1.807, 2.05) is 4.90 Å². The molecule has 1 aliphatic heterocycles. The van der Waals surface area contributed by atoms with Crippen molar-refractivity contribution in [2.45, 2.75) is 44.3 Å². The van der Waals surface area contributed by atoms with Crippen LogP contribution < -0.4 is 9.64 Å². The Bertz CT molecular complexity index is 565. The van der Waals surface area contributed by atoms with Crippen molar-refractivity contribution in [2.75, 3.05) is 37.7 Å². The first-order valence-corrected chi connectivity index (χ1v) is 8.90. The van der Waals surface area contributed by atoms with Crippen molar-refractivity contribution in [3.63, 3.8) is 0 Å². The molecule has 3 nitrogen and oxygen atoms in total. The molecule has 25 heavy (non-hydrogen) atoms. The molecule has 1 saturated heterocycles. The quantitative estimate of drug-likeness (QED) is 0.748. The van der Waals surface area contributed by atoms with Gasteiger partial charge in [0.25, 0.3) is 0 Å². The van der Waals surface area contributed by atoms with Crippen LogP contribution in [-0.2, 0) is 0 Å². The van der Waals surface area contributed by atoms with Crippen LogP contribution in [0.25, 0.3) is 0 Å². The molecule has 0 unspecified atom stereocenters. The molecule has 3 rings (SSSR count). The fraction of sp³-hybridized carbons (Fsp3) is 0.667. The van der Waals surface area contributed by atoms with E-state index in [0.29, 0.717) is 24.8 Å². The van der Waals surface area contributed by atoms with Crippen molar-refractivity contribution >= 4 is 5.69 Å². The summed E-state index contributed by atoms with van der Waals surface area (Å²) in [6.07, 6.45) is 1.89. The Kier molecular flexibility index (Phi) is 5.71. The summed E-state index contributed by atoms with van der Waals surface area (Å²) in [4.78, 5) is 4.47. The Hall–Kier alpha value is -1.50. The summed E-state index contributed by atoms with van der Waals surface area (Å²) >= 11 is 0. The molecule has 2 fully saturated rings. The molecule has 1 aliphatic carbocycles. The topological polar surface area (TPSA) is 15.7 Å². The van der Waals surface area contributed by atoms with Crippen molar-refractivity contribution < 1.29 is 22.3 Å². The van der Waals surface area contributed by atoms with E-state index in [-0.39, 0.29) is 5.75 Å². The molecule has 1 aromatic carbocycles. The smallest absolute Gasteiger partial charge is 0.422 e. The van der Waals surface area contributed by atoms with Gasteiger partial charge in [0.05, 0.1) is 5.69 Å². The predicted octanol–water partition coefficient (Wildman–Crippen LogP) is 4.22. The summed E-state index contributed by atoms with van der Waals surface area (Å²) in [7, 11) is 0. The van der Waals surface area contributed by atoms with Gasteiger partial charge in [-0.25, -0.2) is 4.39 Å². The molecular formula is C18H24F4N2O. The lowest BCUT2D eigenvalue weighted by molar-refractivity contribution is -0.153. The van der Waals surface area contributed by atoms with Crippen LogP contribution >= 0.6 is 0 Å². The lowest BCUT2D eigenvalue weighted by atomic mass is 9.94. The van der Waals surface area contributed by atoms with E-state index in [2.05, 4.69) is 4.90 Å². The minimum absolute atomic E-state index is 0.0385. The third kappa shape index (κ3) is 5.00. The number of benzene rings is 1. The molecule has 0 spiro atoms. The molecule has 0 amide bonds. The highest BCUT2D eigenvalue weighted by Crippen LogP contribution is 2.32. The van der Waals surface area contributed by atoms with Crippen LogP contribution in [-0.4, -0.2) is 49.9 Å². The molecule has 1 aromatic rings. The van der Waals surface area contributed by atoms with Crippen molar-refractivity contribution in [3.05, 3.63) is 24.0 Å². The highest BCUT2D eigenvalue weighted by molar-refractivity contribution is 5.59. The SMILES string of the molecule is Fc1ccc(N2CCN(C3CCCCC3)CC2)c(OCC(F)(F)F)c1. The maximum Gasteiger partial charge on any atom is 0.422 e. The third-order valence-corrected chi connectivity index (χ3v) is 5.06. The van der Waals surface area contributed by atoms with Gasteiger partial charge in [-0.1, -0.05) is 19.3 Å². The first kappa shape index (κ1) is 18.3. The Balaban J connectivity index is 1.64. The van der Waals surface area contributed by atoms with Crippen LogP contribution in [0.5, 0.6) is 5.75 Å². The highest BCUT2D eigenvalue weighted by Gasteiger charge is 2.30. The van der Waals surface area contributed by atoms with Gasteiger partial charge in [0.15, 0.2) is 6.61 Å². The zero-order chi connectivity index (χ0) is 17.9. The van der Waals surface area contributed by atoms with E-state index in [1.165, 1.54) is 44.2 Å². The van der Waals surface area contributed by atoms with Gasteiger partial charge >= 0.3 is 6.18 Å². The Labute approximate surface area is 145 Å². The minimum Gasteiger partial charge on any atom is -0.482 e. The van der Waals surface area contributed by atoms with Crippen LogP contribution in [0.2, 0.25) is 0 Å². The molecule has 0 atom stereocenters. The van der Waals surface area contributed by atoms with Crippen molar-refractivity contribution in [2.24, 2.45) is 0 Å². The summed E-state index contributed by atoms with van der Waals surface area (Å²) in [5.74, 6) is -0.634. The van der Waals surface area contributed by atoms with Gasteiger partial charge in [0.1, 0.15) is 11.6 Å². The first-order chi connectivity index (χ1) is 11.9. The lowest BCUT2D eigenvalue weighted by Crippen LogP contribution is -2.51. The van der Waals surface area contributed by atoms with E-state index >= 15 is 0 Å². The van der Waals surface area contributed by atoms with Crippen LogP contribution in [0.3, 0.4) is 0 Å². The fourth-order valence-electron chi connectivity index (χ4n) is 3.80. The predicted molar refractivity (Wildman–Crippen MR) is 88.6 cm³/mol. The van der Waals surface area contributed by atoms with Crippen LogP contribution in [0, 0.1) is 5.82 Å². The van der Waals surface area contributed by atoms with Crippen molar-refractivity contribution in [1.82, 2.24) is 4.90 Å². The van der Waals surface area contributed by atoms with Gasteiger partial charge in [-0.3, -0.25) is 4.90 Å². The van der Waals surface area contributed by atoms with E-state index < -0.39 is 18.6 Å². The second-order valence-corrected chi connectivity index (χ2v) is 6.83. The number of piperazine rings is 1. The number of ether oxygens (including phenoxy) is 1. The maximum atomic E-state index is 13.5. The Morgan fingerprint density at radius 2 is 1.68 bits per heavy atom. The summed E-state index contributed by atoms with van der Waals surface area (Å²) in [6.45, 7) is 1.77. The molecule has 0 radical (unpaired) electrons. The summed E-state index contributed by atoms with van der Waals surface area (Å²) in [6, 6.07) is 4.44. The van der Waals surface area contributed by atoms with Crippen LogP contribution in [0.1, 0.15) is 32.1 Å².